The van der Waals surface area contributed by atoms with Crippen LogP contribution in [0.1, 0.15) is 44.6 Å². The highest BCUT2D eigenvalue weighted by Gasteiger charge is 2.02. The largest absolute Gasteiger partial charge is 0.0952 e. The lowest BCUT2D eigenvalue weighted by molar-refractivity contribution is 0.679. The van der Waals surface area contributed by atoms with Crippen LogP contribution in [0.5, 0.6) is 0 Å². The van der Waals surface area contributed by atoms with Crippen molar-refractivity contribution in [1.82, 2.24) is 0 Å². The van der Waals surface area contributed by atoms with E-state index in [1.165, 1.54) is 25.7 Å². The normalized spacial score (nSPS) is 10.3. The van der Waals surface area contributed by atoms with Crippen molar-refractivity contribution in [2.45, 2.75) is 39.0 Å². The van der Waals surface area contributed by atoms with Crippen LogP contribution in [-0.2, 0) is 0 Å². The second-order valence-electron chi connectivity index (χ2n) is 3.89. The van der Waals surface area contributed by atoms with Gasteiger partial charge in [0.25, 0.3) is 0 Å². The van der Waals surface area contributed by atoms with Crippen LogP contribution in [0.25, 0.3) is 5.57 Å². The molecule has 0 fully saturated rings. The van der Waals surface area contributed by atoms with E-state index in [2.05, 4.69) is 13.5 Å². The molecule has 0 N–H and O–H groups in total. The number of hydrogen-bond donors (Lipinski definition) is 0. The molecule has 0 atom stereocenters. The molecule has 0 nitrogen and oxygen atoms in total. The van der Waals surface area contributed by atoms with E-state index in [9.17, 15) is 0 Å². The first kappa shape index (κ1) is 12.3. The standard InChI is InChI=1S/C14H19Cl/c1-3-4-5-6-9-12(2)13-10-7-8-11-14(13)15/h7-8,10-11H,2-6,9H2,1H3. The lowest BCUT2D eigenvalue weighted by Gasteiger charge is -2.07. The molecule has 0 spiro atoms. The van der Waals surface area contributed by atoms with Crippen molar-refractivity contribution in [2.24, 2.45) is 0 Å². The van der Waals surface area contributed by atoms with E-state index in [-0.39, 0.29) is 0 Å². The van der Waals surface area contributed by atoms with Crippen molar-refractivity contribution in [2.75, 3.05) is 0 Å². The molecule has 0 aliphatic rings. The number of unbranched alkanes of at least 4 members (excludes halogenated alkanes) is 3. The zero-order valence-electron chi connectivity index (χ0n) is 9.43. The zero-order chi connectivity index (χ0) is 11.1. The van der Waals surface area contributed by atoms with E-state index >= 15 is 0 Å². The molecule has 1 aromatic rings. The second kappa shape index (κ2) is 6.68. The third kappa shape index (κ3) is 4.09. The van der Waals surface area contributed by atoms with Crippen LogP contribution >= 0.6 is 11.6 Å². The van der Waals surface area contributed by atoms with E-state index in [4.69, 9.17) is 11.6 Å². The summed E-state index contributed by atoms with van der Waals surface area (Å²) in [5, 5.41) is 0.818. The van der Waals surface area contributed by atoms with Gasteiger partial charge in [0.2, 0.25) is 0 Å². The molecule has 0 aromatic heterocycles. The number of halogens is 1. The van der Waals surface area contributed by atoms with Gasteiger partial charge >= 0.3 is 0 Å². The molecule has 0 amide bonds. The Morgan fingerprint density at radius 3 is 2.60 bits per heavy atom. The monoisotopic (exact) mass is 222 g/mol. The van der Waals surface area contributed by atoms with Crippen molar-refractivity contribution in [3.8, 4) is 0 Å². The molecular weight excluding hydrogens is 204 g/mol. The molecular formula is C14H19Cl. The minimum absolute atomic E-state index is 0.818. The van der Waals surface area contributed by atoms with Crippen LogP contribution in [0.15, 0.2) is 30.8 Å². The van der Waals surface area contributed by atoms with Crippen LogP contribution in [0.4, 0.5) is 0 Å². The average Bonchev–Trinajstić information content (AvgIpc) is 2.25. The van der Waals surface area contributed by atoms with Gasteiger partial charge in [0, 0.05) is 5.02 Å². The Hall–Kier alpha value is -0.750. The van der Waals surface area contributed by atoms with Gasteiger partial charge in [0.15, 0.2) is 0 Å². The summed E-state index contributed by atoms with van der Waals surface area (Å²) in [6, 6.07) is 7.94. The number of benzene rings is 1. The van der Waals surface area contributed by atoms with E-state index < -0.39 is 0 Å². The zero-order valence-corrected chi connectivity index (χ0v) is 10.2. The Kier molecular flexibility index (Phi) is 5.49. The van der Waals surface area contributed by atoms with Crippen molar-refractivity contribution in [3.05, 3.63) is 41.4 Å². The maximum Gasteiger partial charge on any atom is 0.0480 e. The Morgan fingerprint density at radius 2 is 1.93 bits per heavy atom. The highest BCUT2D eigenvalue weighted by molar-refractivity contribution is 6.32. The molecule has 82 valence electrons. The van der Waals surface area contributed by atoms with Crippen LogP contribution in [0, 0.1) is 0 Å². The molecule has 15 heavy (non-hydrogen) atoms. The summed E-state index contributed by atoms with van der Waals surface area (Å²) in [4.78, 5) is 0. The predicted molar refractivity (Wildman–Crippen MR) is 69.2 cm³/mol. The summed E-state index contributed by atoms with van der Waals surface area (Å²) in [7, 11) is 0. The van der Waals surface area contributed by atoms with Gasteiger partial charge in [-0.05, 0) is 30.0 Å². The average molecular weight is 223 g/mol. The molecule has 0 aliphatic heterocycles. The molecule has 0 unspecified atom stereocenters. The molecule has 0 aliphatic carbocycles. The van der Waals surface area contributed by atoms with Crippen LogP contribution in [-0.4, -0.2) is 0 Å². The summed E-state index contributed by atoms with van der Waals surface area (Å²) >= 11 is 6.10. The Morgan fingerprint density at radius 1 is 1.20 bits per heavy atom. The SMILES string of the molecule is C=C(CCCCCC)c1ccccc1Cl. The smallest absolute Gasteiger partial charge is 0.0480 e. The van der Waals surface area contributed by atoms with Crippen molar-refractivity contribution < 1.29 is 0 Å². The van der Waals surface area contributed by atoms with Gasteiger partial charge in [0.1, 0.15) is 0 Å². The second-order valence-corrected chi connectivity index (χ2v) is 4.30. The van der Waals surface area contributed by atoms with Gasteiger partial charge in [-0.3, -0.25) is 0 Å². The molecule has 1 rings (SSSR count). The minimum atomic E-state index is 0.818. The number of hydrogen-bond acceptors (Lipinski definition) is 0. The summed E-state index contributed by atoms with van der Waals surface area (Å²) in [6.07, 6.45) is 6.16. The van der Waals surface area contributed by atoms with Gasteiger partial charge in [-0.1, -0.05) is 62.6 Å². The third-order valence-corrected chi connectivity index (χ3v) is 2.92. The van der Waals surface area contributed by atoms with Gasteiger partial charge in [-0.15, -0.1) is 0 Å². The van der Waals surface area contributed by atoms with Crippen molar-refractivity contribution in [1.29, 1.82) is 0 Å². The first-order chi connectivity index (χ1) is 7.25. The fourth-order valence-electron chi connectivity index (χ4n) is 1.65. The van der Waals surface area contributed by atoms with Gasteiger partial charge in [0.05, 0.1) is 0 Å². The maximum absolute atomic E-state index is 6.10. The topological polar surface area (TPSA) is 0 Å². The molecule has 1 aromatic carbocycles. The lowest BCUT2D eigenvalue weighted by Crippen LogP contribution is -1.85. The first-order valence-electron chi connectivity index (χ1n) is 5.68. The van der Waals surface area contributed by atoms with Gasteiger partial charge in [-0.2, -0.15) is 0 Å². The van der Waals surface area contributed by atoms with Crippen molar-refractivity contribution >= 4 is 17.2 Å². The molecule has 0 bridgehead atoms. The molecule has 0 saturated heterocycles. The fourth-order valence-corrected chi connectivity index (χ4v) is 1.92. The predicted octanol–water partition coefficient (Wildman–Crippen LogP) is 5.32. The lowest BCUT2D eigenvalue weighted by atomic mass is 10.0. The molecule has 0 radical (unpaired) electrons. The highest BCUT2D eigenvalue weighted by atomic mass is 35.5. The van der Waals surface area contributed by atoms with E-state index in [0.29, 0.717) is 0 Å². The van der Waals surface area contributed by atoms with E-state index in [0.717, 1.165) is 22.6 Å². The van der Waals surface area contributed by atoms with E-state index in [1.54, 1.807) is 0 Å². The van der Waals surface area contributed by atoms with Crippen LogP contribution in [0.2, 0.25) is 5.02 Å². The van der Waals surface area contributed by atoms with Crippen LogP contribution in [0.3, 0.4) is 0 Å². The Balaban J connectivity index is 2.44. The summed E-state index contributed by atoms with van der Waals surface area (Å²) in [5.41, 5.74) is 2.27. The minimum Gasteiger partial charge on any atom is -0.0952 e. The number of allylic oxidation sites excluding steroid dienone is 1. The molecule has 0 heterocycles. The molecule has 1 heteroatoms. The summed E-state index contributed by atoms with van der Waals surface area (Å²) < 4.78 is 0. The van der Waals surface area contributed by atoms with Gasteiger partial charge < -0.3 is 0 Å². The van der Waals surface area contributed by atoms with Crippen LogP contribution < -0.4 is 0 Å². The summed E-state index contributed by atoms with van der Waals surface area (Å²) in [5.74, 6) is 0. The third-order valence-electron chi connectivity index (χ3n) is 2.59. The molecule has 0 saturated carbocycles. The Labute approximate surface area is 98.0 Å². The maximum atomic E-state index is 6.10. The quantitative estimate of drug-likeness (QED) is 0.572. The highest BCUT2D eigenvalue weighted by Crippen LogP contribution is 2.26. The summed E-state index contributed by atoms with van der Waals surface area (Å²) in [6.45, 7) is 6.32. The number of rotatable bonds is 6. The van der Waals surface area contributed by atoms with Crippen molar-refractivity contribution in [3.63, 3.8) is 0 Å². The fraction of sp³-hybridized carbons (Fsp3) is 0.429. The van der Waals surface area contributed by atoms with Gasteiger partial charge in [-0.25, -0.2) is 0 Å². The van der Waals surface area contributed by atoms with E-state index in [1.807, 2.05) is 24.3 Å². The first-order valence-corrected chi connectivity index (χ1v) is 6.06. The Bertz CT molecular complexity index is 315.